The SMILES string of the molecule is COc1cccc(/C=C/C(=O)NC(CO)(CO)CO)c1. The van der Waals surface area contributed by atoms with Gasteiger partial charge in [0.15, 0.2) is 0 Å². The molecule has 0 unspecified atom stereocenters. The summed E-state index contributed by atoms with van der Waals surface area (Å²) in [5.74, 6) is 0.146. The molecule has 0 aliphatic carbocycles. The van der Waals surface area contributed by atoms with E-state index in [2.05, 4.69) is 5.32 Å². The molecule has 0 spiro atoms. The molecule has 0 aliphatic heterocycles. The standard InChI is InChI=1S/C14H19NO5/c1-20-12-4-2-3-11(7-12)5-6-13(19)15-14(8-16,9-17)10-18/h2-7,16-18H,8-10H2,1H3,(H,15,19)/b6-5+. The van der Waals surface area contributed by atoms with Crippen LogP contribution in [0.4, 0.5) is 0 Å². The minimum atomic E-state index is -1.42. The summed E-state index contributed by atoms with van der Waals surface area (Å²) >= 11 is 0. The van der Waals surface area contributed by atoms with Gasteiger partial charge < -0.3 is 25.4 Å². The Morgan fingerprint density at radius 3 is 2.50 bits per heavy atom. The van der Waals surface area contributed by atoms with Crippen molar-refractivity contribution < 1.29 is 24.9 Å². The lowest BCUT2D eigenvalue weighted by Gasteiger charge is -2.27. The molecule has 4 N–H and O–H groups in total. The van der Waals surface area contributed by atoms with Crippen LogP contribution in [-0.2, 0) is 4.79 Å². The second kappa shape index (κ2) is 7.64. The van der Waals surface area contributed by atoms with E-state index in [0.717, 1.165) is 5.56 Å². The van der Waals surface area contributed by atoms with Crippen molar-refractivity contribution in [2.45, 2.75) is 5.54 Å². The first-order chi connectivity index (χ1) is 9.59. The molecule has 0 atom stereocenters. The summed E-state index contributed by atoms with van der Waals surface area (Å²) in [4.78, 5) is 11.7. The van der Waals surface area contributed by atoms with E-state index in [1.165, 1.54) is 6.08 Å². The summed E-state index contributed by atoms with van der Waals surface area (Å²) in [7, 11) is 1.55. The molecule has 0 aromatic heterocycles. The zero-order valence-electron chi connectivity index (χ0n) is 11.2. The van der Waals surface area contributed by atoms with Crippen LogP contribution in [0.2, 0.25) is 0 Å². The van der Waals surface area contributed by atoms with Crippen LogP contribution < -0.4 is 10.1 Å². The first-order valence-electron chi connectivity index (χ1n) is 6.06. The minimum absolute atomic E-state index is 0.523. The summed E-state index contributed by atoms with van der Waals surface area (Å²) in [5, 5.41) is 29.7. The average molecular weight is 281 g/mol. The number of aliphatic hydroxyl groups excluding tert-OH is 3. The second-order valence-corrected chi connectivity index (χ2v) is 4.35. The Labute approximate surface area is 117 Å². The van der Waals surface area contributed by atoms with Gasteiger partial charge in [-0.1, -0.05) is 12.1 Å². The first kappa shape index (κ1) is 16.2. The van der Waals surface area contributed by atoms with Gasteiger partial charge in [0.25, 0.3) is 0 Å². The number of hydrogen-bond donors (Lipinski definition) is 4. The first-order valence-corrected chi connectivity index (χ1v) is 6.06. The molecule has 0 saturated carbocycles. The van der Waals surface area contributed by atoms with Gasteiger partial charge in [-0.05, 0) is 23.8 Å². The topological polar surface area (TPSA) is 99.0 Å². The highest BCUT2D eigenvalue weighted by atomic mass is 16.5. The van der Waals surface area contributed by atoms with Crippen molar-refractivity contribution in [3.05, 3.63) is 35.9 Å². The largest absolute Gasteiger partial charge is 0.497 e. The molecule has 0 heterocycles. The van der Waals surface area contributed by atoms with Gasteiger partial charge in [-0.15, -0.1) is 0 Å². The third kappa shape index (κ3) is 4.34. The Hall–Kier alpha value is -1.89. The van der Waals surface area contributed by atoms with Gasteiger partial charge in [0.2, 0.25) is 5.91 Å². The molecule has 0 bridgehead atoms. The lowest BCUT2D eigenvalue weighted by molar-refractivity contribution is -0.120. The van der Waals surface area contributed by atoms with Crippen LogP contribution in [0, 0.1) is 0 Å². The Kier molecular flexibility index (Phi) is 6.17. The van der Waals surface area contributed by atoms with Crippen LogP contribution >= 0.6 is 0 Å². The summed E-state index contributed by atoms with van der Waals surface area (Å²) in [5.41, 5.74) is -0.655. The molecule has 20 heavy (non-hydrogen) atoms. The predicted molar refractivity (Wildman–Crippen MR) is 74.2 cm³/mol. The highest BCUT2D eigenvalue weighted by Gasteiger charge is 2.29. The number of carbonyl (C=O) groups is 1. The Morgan fingerprint density at radius 2 is 1.95 bits per heavy atom. The number of amides is 1. The van der Waals surface area contributed by atoms with Crippen molar-refractivity contribution in [3.63, 3.8) is 0 Å². The lowest BCUT2D eigenvalue weighted by Crippen LogP contribution is -2.56. The number of aliphatic hydroxyl groups is 3. The van der Waals surface area contributed by atoms with Crippen molar-refractivity contribution in [2.75, 3.05) is 26.9 Å². The van der Waals surface area contributed by atoms with Gasteiger partial charge in [-0.25, -0.2) is 0 Å². The predicted octanol–water partition coefficient (Wildman–Crippen LogP) is -0.460. The lowest BCUT2D eigenvalue weighted by atomic mass is 10.0. The molecular formula is C14H19NO5. The highest BCUT2D eigenvalue weighted by Crippen LogP contribution is 2.13. The molecule has 0 radical (unpaired) electrons. The van der Waals surface area contributed by atoms with E-state index >= 15 is 0 Å². The van der Waals surface area contributed by atoms with Crippen LogP contribution in [0.25, 0.3) is 6.08 Å². The van der Waals surface area contributed by atoms with Gasteiger partial charge in [0.1, 0.15) is 11.3 Å². The van der Waals surface area contributed by atoms with Gasteiger partial charge in [-0.3, -0.25) is 4.79 Å². The zero-order valence-corrected chi connectivity index (χ0v) is 11.2. The summed E-state index contributed by atoms with van der Waals surface area (Å²) in [6.45, 7) is -1.67. The van der Waals surface area contributed by atoms with Crippen molar-refractivity contribution in [1.82, 2.24) is 5.32 Å². The highest BCUT2D eigenvalue weighted by molar-refractivity contribution is 5.92. The van der Waals surface area contributed by atoms with Crippen LogP contribution in [0.3, 0.4) is 0 Å². The molecule has 6 nitrogen and oxygen atoms in total. The van der Waals surface area contributed by atoms with E-state index in [4.69, 9.17) is 20.1 Å². The summed E-state index contributed by atoms with van der Waals surface area (Å²) in [6, 6.07) is 7.12. The quantitative estimate of drug-likeness (QED) is 0.507. The van der Waals surface area contributed by atoms with E-state index in [9.17, 15) is 4.79 Å². The molecule has 0 saturated heterocycles. The van der Waals surface area contributed by atoms with Gasteiger partial charge >= 0.3 is 0 Å². The van der Waals surface area contributed by atoms with Gasteiger partial charge in [0, 0.05) is 6.08 Å². The fourth-order valence-corrected chi connectivity index (χ4v) is 1.49. The van der Waals surface area contributed by atoms with Crippen molar-refractivity contribution in [1.29, 1.82) is 0 Å². The van der Waals surface area contributed by atoms with Crippen molar-refractivity contribution in [2.24, 2.45) is 0 Å². The van der Waals surface area contributed by atoms with Crippen LogP contribution in [0.1, 0.15) is 5.56 Å². The number of benzene rings is 1. The molecule has 6 heteroatoms. The zero-order chi connectivity index (χ0) is 15.0. The number of carbonyl (C=O) groups excluding carboxylic acids is 1. The second-order valence-electron chi connectivity index (χ2n) is 4.35. The van der Waals surface area contributed by atoms with Crippen molar-refractivity contribution >= 4 is 12.0 Å². The van der Waals surface area contributed by atoms with Crippen LogP contribution in [-0.4, -0.2) is 53.7 Å². The normalized spacial score (nSPS) is 11.6. The molecule has 0 aliphatic rings. The molecule has 1 aromatic carbocycles. The number of rotatable bonds is 7. The number of nitrogens with one attached hydrogen (secondary N) is 1. The number of hydrogen-bond acceptors (Lipinski definition) is 5. The minimum Gasteiger partial charge on any atom is -0.497 e. The summed E-state index contributed by atoms with van der Waals surface area (Å²) in [6.07, 6.45) is 2.82. The third-order valence-electron chi connectivity index (χ3n) is 2.82. The third-order valence-corrected chi connectivity index (χ3v) is 2.82. The number of ether oxygens (including phenoxy) is 1. The molecular weight excluding hydrogens is 262 g/mol. The van der Waals surface area contributed by atoms with E-state index < -0.39 is 31.3 Å². The monoisotopic (exact) mass is 281 g/mol. The Balaban J connectivity index is 2.72. The molecule has 1 amide bonds. The maximum Gasteiger partial charge on any atom is 0.244 e. The fraction of sp³-hybridized carbons (Fsp3) is 0.357. The van der Waals surface area contributed by atoms with E-state index in [0.29, 0.717) is 5.75 Å². The average Bonchev–Trinajstić information content (AvgIpc) is 2.51. The smallest absolute Gasteiger partial charge is 0.244 e. The molecule has 1 rings (SSSR count). The van der Waals surface area contributed by atoms with E-state index in [1.54, 1.807) is 37.5 Å². The maximum atomic E-state index is 11.7. The van der Waals surface area contributed by atoms with Crippen molar-refractivity contribution in [3.8, 4) is 5.75 Å². The van der Waals surface area contributed by atoms with Gasteiger partial charge in [0.05, 0.1) is 26.9 Å². The Morgan fingerprint density at radius 1 is 1.30 bits per heavy atom. The Bertz CT molecular complexity index is 460. The summed E-state index contributed by atoms with van der Waals surface area (Å²) < 4.78 is 5.06. The van der Waals surface area contributed by atoms with E-state index in [1.807, 2.05) is 0 Å². The molecule has 1 aromatic rings. The number of methoxy groups -OCH3 is 1. The van der Waals surface area contributed by atoms with Crippen LogP contribution in [0.5, 0.6) is 5.75 Å². The van der Waals surface area contributed by atoms with E-state index in [-0.39, 0.29) is 0 Å². The molecule has 0 fully saturated rings. The maximum absolute atomic E-state index is 11.7. The van der Waals surface area contributed by atoms with Gasteiger partial charge in [-0.2, -0.15) is 0 Å². The molecule has 110 valence electrons. The van der Waals surface area contributed by atoms with Crippen LogP contribution in [0.15, 0.2) is 30.3 Å². The fourth-order valence-electron chi connectivity index (χ4n) is 1.49.